The van der Waals surface area contributed by atoms with Crippen LogP contribution in [0.3, 0.4) is 0 Å². The van der Waals surface area contributed by atoms with Crippen LogP contribution in [0.15, 0.2) is 42.6 Å². The maximum absolute atomic E-state index is 11.8. The van der Waals surface area contributed by atoms with Crippen LogP contribution in [0.5, 0.6) is 0 Å². The third kappa shape index (κ3) is 1.57. The van der Waals surface area contributed by atoms with E-state index in [0.29, 0.717) is 11.3 Å². The van der Waals surface area contributed by atoms with Crippen LogP contribution in [-0.2, 0) is 7.05 Å². The van der Waals surface area contributed by atoms with Crippen LogP contribution in [0.25, 0.3) is 0 Å². The molecule has 0 aliphatic rings. The molecule has 1 aromatic carbocycles. The standard InChI is InChI=1S/C11H10N2O/c1-13-8-7-10(12-13)11(14)9-5-3-2-4-6-9/h2-8H,1H3. The fourth-order valence-electron chi connectivity index (χ4n) is 1.27. The van der Waals surface area contributed by atoms with Gasteiger partial charge in [-0.05, 0) is 6.07 Å². The lowest BCUT2D eigenvalue weighted by Gasteiger charge is -1.95. The third-order valence-electron chi connectivity index (χ3n) is 1.98. The third-order valence-corrected chi connectivity index (χ3v) is 1.98. The Hall–Kier alpha value is -1.90. The molecule has 0 fully saturated rings. The van der Waals surface area contributed by atoms with Crippen molar-refractivity contribution < 1.29 is 4.79 Å². The molecule has 3 nitrogen and oxygen atoms in total. The molecule has 3 heteroatoms. The molecule has 14 heavy (non-hydrogen) atoms. The van der Waals surface area contributed by atoms with E-state index in [-0.39, 0.29) is 5.78 Å². The zero-order valence-electron chi connectivity index (χ0n) is 7.84. The van der Waals surface area contributed by atoms with Crippen molar-refractivity contribution >= 4 is 5.78 Å². The van der Waals surface area contributed by atoms with Crippen LogP contribution in [0.1, 0.15) is 16.1 Å². The van der Waals surface area contributed by atoms with E-state index in [2.05, 4.69) is 5.10 Å². The van der Waals surface area contributed by atoms with Gasteiger partial charge in [0.05, 0.1) is 0 Å². The first-order valence-corrected chi connectivity index (χ1v) is 4.37. The molecule has 0 bridgehead atoms. The van der Waals surface area contributed by atoms with Crippen LogP contribution in [0.2, 0.25) is 0 Å². The van der Waals surface area contributed by atoms with Gasteiger partial charge in [-0.1, -0.05) is 30.3 Å². The van der Waals surface area contributed by atoms with Crippen molar-refractivity contribution in [2.45, 2.75) is 0 Å². The van der Waals surface area contributed by atoms with Crippen molar-refractivity contribution in [2.24, 2.45) is 7.05 Å². The van der Waals surface area contributed by atoms with Crippen LogP contribution < -0.4 is 0 Å². The lowest BCUT2D eigenvalue weighted by Crippen LogP contribution is -2.02. The molecule has 0 amide bonds. The van der Waals surface area contributed by atoms with E-state index in [1.807, 2.05) is 18.2 Å². The second-order valence-electron chi connectivity index (χ2n) is 3.07. The lowest BCUT2D eigenvalue weighted by atomic mass is 10.1. The van der Waals surface area contributed by atoms with Crippen LogP contribution in [-0.4, -0.2) is 15.6 Å². The Labute approximate surface area is 82.0 Å². The predicted molar refractivity (Wildman–Crippen MR) is 53.1 cm³/mol. The summed E-state index contributed by atoms with van der Waals surface area (Å²) in [6.45, 7) is 0. The summed E-state index contributed by atoms with van der Waals surface area (Å²) in [5.41, 5.74) is 1.16. The molecule has 0 N–H and O–H groups in total. The molecule has 1 heterocycles. The van der Waals surface area contributed by atoms with Crippen molar-refractivity contribution in [1.29, 1.82) is 0 Å². The van der Waals surface area contributed by atoms with Crippen LogP contribution in [0, 0.1) is 0 Å². The van der Waals surface area contributed by atoms with Gasteiger partial charge in [-0.2, -0.15) is 5.10 Å². The Bertz CT molecular complexity index is 445. The van der Waals surface area contributed by atoms with Crippen LogP contribution in [0.4, 0.5) is 0 Å². The van der Waals surface area contributed by atoms with Gasteiger partial charge in [0.1, 0.15) is 5.69 Å². The number of carbonyl (C=O) groups excluding carboxylic acids is 1. The topological polar surface area (TPSA) is 34.9 Å². The van der Waals surface area contributed by atoms with Crippen molar-refractivity contribution in [3.05, 3.63) is 53.9 Å². The molecule has 2 rings (SSSR count). The van der Waals surface area contributed by atoms with E-state index in [0.717, 1.165) is 0 Å². The van der Waals surface area contributed by atoms with Crippen molar-refractivity contribution in [1.82, 2.24) is 9.78 Å². The number of aromatic nitrogens is 2. The van der Waals surface area contributed by atoms with Gasteiger partial charge in [0.25, 0.3) is 0 Å². The summed E-state index contributed by atoms with van der Waals surface area (Å²) in [5.74, 6) is -0.0359. The normalized spacial score (nSPS) is 10.1. The summed E-state index contributed by atoms with van der Waals surface area (Å²) in [6.07, 6.45) is 1.76. The highest BCUT2D eigenvalue weighted by Gasteiger charge is 2.10. The molecule has 0 spiro atoms. The first-order chi connectivity index (χ1) is 6.77. The molecule has 0 saturated heterocycles. The number of hydrogen-bond donors (Lipinski definition) is 0. The van der Waals surface area contributed by atoms with E-state index < -0.39 is 0 Å². The molecule has 0 radical (unpaired) electrons. The fraction of sp³-hybridized carbons (Fsp3) is 0.0909. The maximum atomic E-state index is 11.8. The monoisotopic (exact) mass is 186 g/mol. The van der Waals surface area contributed by atoms with Gasteiger partial charge in [-0.25, -0.2) is 0 Å². The predicted octanol–water partition coefficient (Wildman–Crippen LogP) is 1.65. The zero-order chi connectivity index (χ0) is 9.97. The number of nitrogens with zero attached hydrogens (tertiary/aromatic N) is 2. The van der Waals surface area contributed by atoms with E-state index in [4.69, 9.17) is 0 Å². The van der Waals surface area contributed by atoms with Gasteiger partial charge in [0, 0.05) is 18.8 Å². The smallest absolute Gasteiger partial charge is 0.213 e. The molecule has 2 aromatic rings. The van der Waals surface area contributed by atoms with E-state index in [1.54, 1.807) is 36.1 Å². The Kier molecular flexibility index (Phi) is 2.14. The highest BCUT2D eigenvalue weighted by atomic mass is 16.1. The molecular formula is C11H10N2O. The second kappa shape index (κ2) is 3.46. The van der Waals surface area contributed by atoms with Crippen molar-refractivity contribution in [3.8, 4) is 0 Å². The maximum Gasteiger partial charge on any atom is 0.213 e. The molecule has 1 aromatic heterocycles. The first kappa shape index (κ1) is 8.69. The fourth-order valence-corrected chi connectivity index (χ4v) is 1.27. The first-order valence-electron chi connectivity index (χ1n) is 4.37. The van der Waals surface area contributed by atoms with E-state index in [1.165, 1.54) is 0 Å². The lowest BCUT2D eigenvalue weighted by molar-refractivity contribution is 0.103. The van der Waals surface area contributed by atoms with Gasteiger partial charge in [0.2, 0.25) is 5.78 Å². The number of benzene rings is 1. The Morgan fingerprint density at radius 2 is 1.93 bits per heavy atom. The summed E-state index contributed by atoms with van der Waals surface area (Å²) in [6, 6.07) is 10.9. The minimum absolute atomic E-state index is 0.0359. The van der Waals surface area contributed by atoms with Gasteiger partial charge in [-0.15, -0.1) is 0 Å². The quantitative estimate of drug-likeness (QED) is 0.668. The van der Waals surface area contributed by atoms with Gasteiger partial charge in [0.15, 0.2) is 0 Å². The average molecular weight is 186 g/mol. The number of aryl methyl sites for hydroxylation is 1. The van der Waals surface area contributed by atoms with Crippen molar-refractivity contribution in [3.63, 3.8) is 0 Å². The van der Waals surface area contributed by atoms with E-state index in [9.17, 15) is 4.79 Å². The second-order valence-corrected chi connectivity index (χ2v) is 3.07. The molecule has 0 aliphatic carbocycles. The molecule has 0 saturated carbocycles. The highest BCUT2D eigenvalue weighted by Crippen LogP contribution is 2.06. The summed E-state index contributed by atoms with van der Waals surface area (Å²) in [5, 5.41) is 4.05. The van der Waals surface area contributed by atoms with Gasteiger partial charge < -0.3 is 0 Å². The largest absolute Gasteiger partial charge is 0.287 e. The SMILES string of the molecule is Cn1ccc(C(=O)c2ccccc2)n1. The summed E-state index contributed by atoms with van der Waals surface area (Å²) in [7, 11) is 1.79. The van der Waals surface area contributed by atoms with E-state index >= 15 is 0 Å². The Balaban J connectivity index is 2.34. The number of ketones is 1. The highest BCUT2D eigenvalue weighted by molar-refractivity contribution is 6.07. The van der Waals surface area contributed by atoms with Gasteiger partial charge >= 0.3 is 0 Å². The Morgan fingerprint density at radius 3 is 2.50 bits per heavy atom. The summed E-state index contributed by atoms with van der Waals surface area (Å²) >= 11 is 0. The van der Waals surface area contributed by atoms with Crippen molar-refractivity contribution in [2.75, 3.05) is 0 Å². The minimum atomic E-state index is -0.0359. The Morgan fingerprint density at radius 1 is 1.21 bits per heavy atom. The molecule has 0 atom stereocenters. The van der Waals surface area contributed by atoms with Gasteiger partial charge in [-0.3, -0.25) is 9.48 Å². The molecule has 0 unspecified atom stereocenters. The minimum Gasteiger partial charge on any atom is -0.287 e. The average Bonchev–Trinajstić information content (AvgIpc) is 2.65. The zero-order valence-corrected chi connectivity index (χ0v) is 7.84. The molecule has 0 aliphatic heterocycles. The number of carbonyl (C=O) groups is 1. The van der Waals surface area contributed by atoms with Crippen LogP contribution >= 0.6 is 0 Å². The summed E-state index contributed by atoms with van der Waals surface area (Å²) < 4.78 is 1.62. The number of rotatable bonds is 2. The summed E-state index contributed by atoms with van der Waals surface area (Å²) in [4.78, 5) is 11.8. The number of hydrogen-bond acceptors (Lipinski definition) is 2. The molecular weight excluding hydrogens is 176 g/mol. The molecule has 70 valence electrons.